The normalized spacial score (nSPS) is 20.3. The first-order chi connectivity index (χ1) is 11.7. The van der Waals surface area contributed by atoms with Crippen molar-refractivity contribution < 1.29 is 13.5 Å². The minimum absolute atomic E-state index is 0.0367. The summed E-state index contributed by atoms with van der Waals surface area (Å²) in [6.07, 6.45) is 4.84. The fourth-order valence-corrected chi connectivity index (χ4v) is 3.20. The van der Waals surface area contributed by atoms with E-state index in [4.69, 9.17) is 13.5 Å². The summed E-state index contributed by atoms with van der Waals surface area (Å²) in [6, 6.07) is 3.68. The maximum absolute atomic E-state index is 5.47. The summed E-state index contributed by atoms with van der Waals surface area (Å²) in [6.45, 7) is 4.79. The van der Waals surface area contributed by atoms with Crippen LogP contribution in [0.25, 0.3) is 11.6 Å². The van der Waals surface area contributed by atoms with Crippen molar-refractivity contribution >= 4 is 0 Å². The van der Waals surface area contributed by atoms with Crippen LogP contribution in [0, 0.1) is 6.92 Å². The average Bonchev–Trinajstić information content (AvgIpc) is 3.34. The second-order valence-corrected chi connectivity index (χ2v) is 6.03. The van der Waals surface area contributed by atoms with E-state index in [-0.39, 0.29) is 12.1 Å². The number of furan rings is 1. The van der Waals surface area contributed by atoms with Gasteiger partial charge in [0.15, 0.2) is 11.6 Å². The lowest BCUT2D eigenvalue weighted by Gasteiger charge is -2.36. The van der Waals surface area contributed by atoms with Crippen molar-refractivity contribution in [2.24, 2.45) is 0 Å². The molecule has 0 spiro atoms. The molecule has 1 aliphatic heterocycles. The van der Waals surface area contributed by atoms with Crippen LogP contribution in [0.4, 0.5) is 0 Å². The number of likely N-dealkylation sites (tertiary alicyclic amines) is 1. The van der Waals surface area contributed by atoms with Crippen LogP contribution >= 0.6 is 0 Å². The average molecular weight is 329 g/mol. The molecule has 1 fully saturated rings. The summed E-state index contributed by atoms with van der Waals surface area (Å²) in [7, 11) is 0. The molecule has 4 heterocycles. The second-order valence-electron chi connectivity index (χ2n) is 6.03. The van der Waals surface area contributed by atoms with E-state index in [9.17, 15) is 0 Å². The molecule has 3 aromatic rings. The summed E-state index contributed by atoms with van der Waals surface area (Å²) >= 11 is 0. The molecule has 0 unspecified atom stereocenters. The van der Waals surface area contributed by atoms with E-state index < -0.39 is 0 Å². The maximum Gasteiger partial charge on any atom is 0.244 e. The number of rotatable bonds is 4. The third kappa shape index (κ3) is 2.73. The van der Waals surface area contributed by atoms with Gasteiger partial charge in [-0.25, -0.2) is 0 Å². The van der Waals surface area contributed by atoms with Crippen molar-refractivity contribution in [3.63, 3.8) is 0 Å². The lowest BCUT2D eigenvalue weighted by molar-refractivity contribution is 0.0777. The van der Waals surface area contributed by atoms with Crippen LogP contribution in [0.2, 0.25) is 0 Å². The van der Waals surface area contributed by atoms with Gasteiger partial charge in [0.25, 0.3) is 0 Å². The molecular formula is C16H19N5O3. The highest BCUT2D eigenvalue weighted by Crippen LogP contribution is 2.36. The predicted octanol–water partition coefficient (Wildman–Crippen LogP) is 3.31. The summed E-state index contributed by atoms with van der Waals surface area (Å²) in [5.74, 6) is 2.94. The van der Waals surface area contributed by atoms with Gasteiger partial charge in [-0.1, -0.05) is 16.7 Å². The number of aromatic nitrogens is 4. The molecule has 1 aliphatic rings. The number of piperidine rings is 1. The highest BCUT2D eigenvalue weighted by molar-refractivity contribution is 5.44. The van der Waals surface area contributed by atoms with E-state index in [2.05, 4.69) is 32.1 Å². The monoisotopic (exact) mass is 329 g/mol. The summed E-state index contributed by atoms with van der Waals surface area (Å²) < 4.78 is 15.9. The third-order valence-corrected chi connectivity index (χ3v) is 4.42. The largest absolute Gasteiger partial charge is 0.461 e. The Morgan fingerprint density at radius 1 is 1.21 bits per heavy atom. The molecule has 4 rings (SSSR count). The number of aryl methyl sites for hydroxylation is 1. The van der Waals surface area contributed by atoms with Crippen molar-refractivity contribution in [2.75, 3.05) is 6.54 Å². The van der Waals surface area contributed by atoms with Crippen molar-refractivity contribution in [3.05, 3.63) is 36.0 Å². The van der Waals surface area contributed by atoms with Gasteiger partial charge in [0.05, 0.1) is 18.3 Å². The van der Waals surface area contributed by atoms with Crippen molar-refractivity contribution in [1.82, 2.24) is 25.2 Å². The zero-order valence-corrected chi connectivity index (χ0v) is 13.7. The van der Waals surface area contributed by atoms with Gasteiger partial charge in [-0.3, -0.25) is 4.90 Å². The Kier molecular flexibility index (Phi) is 3.89. The third-order valence-electron chi connectivity index (χ3n) is 4.42. The zero-order chi connectivity index (χ0) is 16.5. The Balaban J connectivity index is 1.58. The highest BCUT2D eigenvalue weighted by atomic mass is 16.5. The molecule has 24 heavy (non-hydrogen) atoms. The van der Waals surface area contributed by atoms with Crippen molar-refractivity contribution in [1.29, 1.82) is 0 Å². The molecule has 0 radical (unpaired) electrons. The Bertz CT molecular complexity index is 794. The minimum atomic E-state index is -0.0367. The molecule has 3 aromatic heterocycles. The minimum Gasteiger partial charge on any atom is -0.461 e. The lowest BCUT2D eigenvalue weighted by atomic mass is 9.99. The molecule has 0 saturated carbocycles. The van der Waals surface area contributed by atoms with Crippen LogP contribution in [-0.4, -0.2) is 31.7 Å². The van der Waals surface area contributed by atoms with Crippen molar-refractivity contribution in [2.45, 2.75) is 45.2 Å². The fraction of sp³-hybridized carbons (Fsp3) is 0.500. The molecular weight excluding hydrogens is 310 g/mol. The molecule has 0 aromatic carbocycles. The standard InChI is InChI=1S/C16H19N5O3/c1-10(16-18-15(20-24-16)13-7-5-9-22-13)21-8-4-3-6-12(21)14-17-11(2)23-19-14/h5,7,9-10,12H,3-4,6,8H2,1-2H3/t10-,12+/m0/s1. The smallest absolute Gasteiger partial charge is 0.244 e. The number of hydrogen-bond acceptors (Lipinski definition) is 8. The molecule has 0 bridgehead atoms. The number of nitrogens with zero attached hydrogens (tertiary/aromatic N) is 5. The van der Waals surface area contributed by atoms with Gasteiger partial charge in [-0.05, 0) is 38.4 Å². The van der Waals surface area contributed by atoms with Crippen LogP contribution in [0.5, 0.6) is 0 Å². The van der Waals surface area contributed by atoms with E-state index in [0.29, 0.717) is 23.4 Å². The van der Waals surface area contributed by atoms with Gasteiger partial charge in [0.2, 0.25) is 17.6 Å². The Morgan fingerprint density at radius 2 is 2.12 bits per heavy atom. The summed E-state index contributed by atoms with van der Waals surface area (Å²) in [5, 5.41) is 8.12. The quantitative estimate of drug-likeness (QED) is 0.719. The van der Waals surface area contributed by atoms with Gasteiger partial charge in [-0.2, -0.15) is 9.97 Å². The molecule has 126 valence electrons. The first-order valence-electron chi connectivity index (χ1n) is 8.16. The fourth-order valence-electron chi connectivity index (χ4n) is 3.20. The van der Waals surface area contributed by atoms with E-state index >= 15 is 0 Å². The molecule has 0 aliphatic carbocycles. The molecule has 8 heteroatoms. The van der Waals surface area contributed by atoms with E-state index in [0.717, 1.165) is 31.6 Å². The van der Waals surface area contributed by atoms with Gasteiger partial charge in [-0.15, -0.1) is 0 Å². The molecule has 8 nitrogen and oxygen atoms in total. The lowest BCUT2D eigenvalue weighted by Crippen LogP contribution is -2.36. The van der Waals surface area contributed by atoms with Gasteiger partial charge >= 0.3 is 0 Å². The van der Waals surface area contributed by atoms with Gasteiger partial charge in [0, 0.05) is 6.92 Å². The Hall–Kier alpha value is -2.48. The zero-order valence-electron chi connectivity index (χ0n) is 13.7. The van der Waals surface area contributed by atoms with Crippen LogP contribution < -0.4 is 0 Å². The Labute approximate surface area is 138 Å². The topological polar surface area (TPSA) is 94.2 Å². The number of hydrogen-bond donors (Lipinski definition) is 0. The van der Waals surface area contributed by atoms with Gasteiger partial charge in [0.1, 0.15) is 0 Å². The predicted molar refractivity (Wildman–Crippen MR) is 82.7 cm³/mol. The van der Waals surface area contributed by atoms with E-state index in [1.54, 1.807) is 19.3 Å². The Morgan fingerprint density at radius 3 is 2.88 bits per heavy atom. The highest BCUT2D eigenvalue weighted by Gasteiger charge is 2.34. The first-order valence-corrected chi connectivity index (χ1v) is 8.16. The maximum atomic E-state index is 5.47. The molecule has 0 N–H and O–H groups in total. The molecule has 0 amide bonds. The second kappa shape index (κ2) is 6.20. The van der Waals surface area contributed by atoms with Gasteiger partial charge < -0.3 is 13.5 Å². The van der Waals surface area contributed by atoms with E-state index in [1.807, 2.05) is 6.07 Å². The van der Waals surface area contributed by atoms with Crippen molar-refractivity contribution in [3.8, 4) is 11.6 Å². The van der Waals surface area contributed by atoms with Crippen LogP contribution in [0.3, 0.4) is 0 Å². The summed E-state index contributed by atoms with van der Waals surface area (Å²) in [4.78, 5) is 11.2. The summed E-state index contributed by atoms with van der Waals surface area (Å²) in [5.41, 5.74) is 0. The van der Waals surface area contributed by atoms with Crippen LogP contribution in [0.15, 0.2) is 31.9 Å². The molecule has 2 atom stereocenters. The first kappa shape index (κ1) is 15.1. The SMILES string of the molecule is Cc1nc([C@H]2CCCCN2[C@@H](C)c2nc(-c3ccco3)no2)no1. The van der Waals surface area contributed by atoms with E-state index in [1.165, 1.54) is 0 Å². The van der Waals surface area contributed by atoms with Crippen LogP contribution in [-0.2, 0) is 0 Å². The van der Waals surface area contributed by atoms with Crippen LogP contribution in [0.1, 0.15) is 55.9 Å². The molecule has 1 saturated heterocycles.